The molecule has 0 aliphatic carbocycles. The Balaban J connectivity index is 1.68. The van der Waals surface area contributed by atoms with Crippen LogP contribution in [0.3, 0.4) is 0 Å². The van der Waals surface area contributed by atoms with Gasteiger partial charge in [-0.3, -0.25) is 0 Å². The third-order valence-corrected chi connectivity index (χ3v) is 5.42. The first kappa shape index (κ1) is 14.8. The van der Waals surface area contributed by atoms with Crippen molar-refractivity contribution in [1.29, 1.82) is 0 Å². The van der Waals surface area contributed by atoms with E-state index in [0.29, 0.717) is 6.04 Å². The van der Waals surface area contributed by atoms with Crippen molar-refractivity contribution in [2.75, 3.05) is 6.54 Å². The Bertz CT molecular complexity index is 729. The van der Waals surface area contributed by atoms with Crippen molar-refractivity contribution in [1.82, 2.24) is 5.32 Å². The molecule has 2 aromatic carbocycles. The molecular weight excluding hydrogens is 342 g/mol. The topological polar surface area (TPSA) is 12.0 Å². The lowest BCUT2D eigenvalue weighted by atomic mass is 10.00. The molecule has 0 bridgehead atoms. The highest BCUT2D eigenvalue weighted by Crippen LogP contribution is 2.25. The van der Waals surface area contributed by atoms with Gasteiger partial charge in [0.05, 0.1) is 3.79 Å². The van der Waals surface area contributed by atoms with Crippen molar-refractivity contribution >= 4 is 38.0 Å². The van der Waals surface area contributed by atoms with E-state index in [1.165, 1.54) is 25.0 Å². The molecule has 108 valence electrons. The minimum Gasteiger partial charge on any atom is -0.310 e. The van der Waals surface area contributed by atoms with Gasteiger partial charge >= 0.3 is 0 Å². The molecule has 0 radical (unpaired) electrons. The molecule has 21 heavy (non-hydrogen) atoms. The second-order valence-electron chi connectivity index (χ2n) is 5.20. The van der Waals surface area contributed by atoms with Crippen LogP contribution in [0.15, 0.2) is 58.4 Å². The third-order valence-electron chi connectivity index (χ3n) is 3.74. The number of fused-ring (bicyclic) bond motifs is 1. The summed E-state index contributed by atoms with van der Waals surface area (Å²) in [6.45, 7) is 3.24. The van der Waals surface area contributed by atoms with Gasteiger partial charge in [-0.25, -0.2) is 0 Å². The summed E-state index contributed by atoms with van der Waals surface area (Å²) in [6, 6.07) is 19.8. The zero-order valence-corrected chi connectivity index (χ0v) is 14.4. The van der Waals surface area contributed by atoms with Crippen LogP contribution in [0.5, 0.6) is 0 Å². The number of hydrogen-bond donors (Lipinski definition) is 1. The van der Waals surface area contributed by atoms with Crippen LogP contribution in [0, 0.1) is 0 Å². The fourth-order valence-corrected chi connectivity index (χ4v) is 4.12. The minimum atomic E-state index is 0.361. The fourth-order valence-electron chi connectivity index (χ4n) is 2.64. The summed E-state index contributed by atoms with van der Waals surface area (Å²) in [7, 11) is 0. The van der Waals surface area contributed by atoms with Crippen LogP contribution in [0.4, 0.5) is 0 Å². The number of hydrogen-bond acceptors (Lipinski definition) is 2. The van der Waals surface area contributed by atoms with Crippen molar-refractivity contribution in [3.05, 3.63) is 68.8 Å². The van der Waals surface area contributed by atoms with Gasteiger partial charge in [0, 0.05) is 17.5 Å². The van der Waals surface area contributed by atoms with E-state index < -0.39 is 0 Å². The number of rotatable bonds is 5. The van der Waals surface area contributed by atoms with Gasteiger partial charge in [0.15, 0.2) is 0 Å². The first-order chi connectivity index (χ1) is 10.2. The van der Waals surface area contributed by atoms with Gasteiger partial charge < -0.3 is 5.32 Å². The third kappa shape index (κ3) is 3.54. The molecule has 1 aromatic heterocycles. The van der Waals surface area contributed by atoms with E-state index in [1.807, 2.05) is 11.3 Å². The largest absolute Gasteiger partial charge is 0.310 e. The summed E-state index contributed by atoms with van der Waals surface area (Å²) in [6.07, 6.45) is 1.07. The van der Waals surface area contributed by atoms with Crippen LogP contribution in [0.25, 0.3) is 10.8 Å². The van der Waals surface area contributed by atoms with Crippen LogP contribution in [0.1, 0.15) is 23.4 Å². The van der Waals surface area contributed by atoms with Gasteiger partial charge in [-0.2, -0.15) is 0 Å². The summed E-state index contributed by atoms with van der Waals surface area (Å²) in [4.78, 5) is 1.42. The van der Waals surface area contributed by atoms with Crippen LogP contribution < -0.4 is 5.32 Å². The lowest BCUT2D eigenvalue weighted by Gasteiger charge is -2.16. The first-order valence-electron chi connectivity index (χ1n) is 7.19. The van der Waals surface area contributed by atoms with Gasteiger partial charge in [0.2, 0.25) is 0 Å². The molecule has 0 saturated heterocycles. The number of nitrogens with one attached hydrogen (secondary N) is 1. The lowest BCUT2D eigenvalue weighted by Crippen LogP contribution is -2.21. The van der Waals surface area contributed by atoms with E-state index in [2.05, 4.69) is 82.8 Å². The van der Waals surface area contributed by atoms with Gasteiger partial charge in [-0.15, -0.1) is 11.3 Å². The summed E-state index contributed by atoms with van der Waals surface area (Å²) in [5, 5.41) is 6.30. The summed E-state index contributed by atoms with van der Waals surface area (Å²) < 4.78 is 1.21. The van der Waals surface area contributed by atoms with E-state index in [-0.39, 0.29) is 0 Å². The van der Waals surface area contributed by atoms with E-state index in [9.17, 15) is 0 Å². The Hall–Kier alpha value is -1.16. The molecule has 0 spiro atoms. The van der Waals surface area contributed by atoms with Crippen molar-refractivity contribution in [2.45, 2.75) is 19.4 Å². The van der Waals surface area contributed by atoms with Crippen molar-refractivity contribution in [3.8, 4) is 0 Å². The summed E-state index contributed by atoms with van der Waals surface area (Å²) in [5.74, 6) is 0. The Morgan fingerprint density at radius 3 is 2.67 bits per heavy atom. The normalized spacial score (nSPS) is 12.7. The minimum absolute atomic E-state index is 0.361. The predicted octanol–water partition coefficient (Wildman–Crippen LogP) is 5.56. The maximum Gasteiger partial charge on any atom is 0.0701 e. The molecule has 0 saturated carbocycles. The van der Waals surface area contributed by atoms with Gasteiger partial charge in [-0.1, -0.05) is 42.5 Å². The van der Waals surface area contributed by atoms with Gasteiger partial charge in [-0.05, 0) is 57.7 Å². The average molecular weight is 360 g/mol. The molecule has 0 amide bonds. The Labute approximate surface area is 138 Å². The summed E-state index contributed by atoms with van der Waals surface area (Å²) in [5.41, 5.74) is 1.38. The molecule has 3 aromatic rings. The Kier molecular flexibility index (Phi) is 4.73. The summed E-state index contributed by atoms with van der Waals surface area (Å²) >= 11 is 5.33. The van der Waals surface area contributed by atoms with E-state index >= 15 is 0 Å². The lowest BCUT2D eigenvalue weighted by molar-refractivity contribution is 0.582. The van der Waals surface area contributed by atoms with E-state index in [1.54, 1.807) is 0 Å². The molecule has 1 N–H and O–H groups in total. The van der Waals surface area contributed by atoms with Crippen LogP contribution >= 0.6 is 27.3 Å². The van der Waals surface area contributed by atoms with Crippen LogP contribution in [-0.4, -0.2) is 6.54 Å². The monoisotopic (exact) mass is 359 g/mol. The van der Waals surface area contributed by atoms with Crippen molar-refractivity contribution < 1.29 is 0 Å². The molecule has 0 aliphatic rings. The Morgan fingerprint density at radius 1 is 1.05 bits per heavy atom. The molecule has 0 aliphatic heterocycles. The first-order valence-corrected chi connectivity index (χ1v) is 8.80. The number of halogens is 1. The van der Waals surface area contributed by atoms with Gasteiger partial charge in [0.25, 0.3) is 0 Å². The maximum absolute atomic E-state index is 3.64. The number of benzene rings is 2. The van der Waals surface area contributed by atoms with E-state index in [4.69, 9.17) is 0 Å². The van der Waals surface area contributed by atoms with Gasteiger partial charge in [0.1, 0.15) is 0 Å². The molecule has 0 fully saturated rings. The number of thiophene rings is 1. The second-order valence-corrected chi connectivity index (χ2v) is 7.75. The SMILES string of the molecule is CC(NCCc1ccc(Br)s1)c1cccc2ccccc12. The Morgan fingerprint density at radius 2 is 1.86 bits per heavy atom. The molecule has 1 nitrogen and oxygen atoms in total. The second kappa shape index (κ2) is 6.73. The smallest absolute Gasteiger partial charge is 0.0701 e. The standard InChI is InChI=1S/C18H18BrNS/c1-13(20-12-11-15-9-10-18(19)21-15)16-8-4-6-14-5-2-3-7-17(14)16/h2-10,13,20H,11-12H2,1H3. The maximum atomic E-state index is 3.64. The quantitative estimate of drug-likeness (QED) is 0.628. The highest BCUT2D eigenvalue weighted by molar-refractivity contribution is 9.11. The molecule has 1 atom stereocenters. The highest BCUT2D eigenvalue weighted by atomic mass is 79.9. The average Bonchev–Trinajstić information content (AvgIpc) is 2.92. The molecule has 1 heterocycles. The molecule has 3 rings (SSSR count). The van der Waals surface area contributed by atoms with Crippen LogP contribution in [-0.2, 0) is 6.42 Å². The van der Waals surface area contributed by atoms with E-state index in [0.717, 1.165) is 13.0 Å². The molecule has 1 unspecified atom stereocenters. The molecular formula is C18H18BrNS. The zero-order valence-electron chi connectivity index (χ0n) is 12.0. The fraction of sp³-hybridized carbons (Fsp3) is 0.222. The zero-order chi connectivity index (χ0) is 14.7. The highest BCUT2D eigenvalue weighted by Gasteiger charge is 2.08. The van der Waals surface area contributed by atoms with Crippen LogP contribution in [0.2, 0.25) is 0 Å². The molecule has 3 heteroatoms. The predicted molar refractivity (Wildman–Crippen MR) is 96.1 cm³/mol. The van der Waals surface area contributed by atoms with Crippen molar-refractivity contribution in [3.63, 3.8) is 0 Å². The van der Waals surface area contributed by atoms with Crippen molar-refractivity contribution in [2.24, 2.45) is 0 Å².